The molecule has 4 rings (SSSR count). The lowest BCUT2D eigenvalue weighted by atomic mass is 10.1. The summed E-state index contributed by atoms with van der Waals surface area (Å²) in [5, 5.41) is 9.96. The number of fused-ring (bicyclic) bond motifs is 1. The van der Waals surface area contributed by atoms with Crippen LogP contribution in [0.1, 0.15) is 22.3 Å². The van der Waals surface area contributed by atoms with E-state index in [4.69, 9.17) is 14.7 Å². The summed E-state index contributed by atoms with van der Waals surface area (Å²) in [6.07, 6.45) is 2.36. The smallest absolute Gasteiger partial charge is 0.274 e. The Labute approximate surface area is 190 Å². The largest absolute Gasteiger partial charge is 0.494 e. The number of hydrogen-bond acceptors (Lipinski definition) is 5. The van der Waals surface area contributed by atoms with Crippen molar-refractivity contribution in [2.45, 2.75) is 19.6 Å². The van der Waals surface area contributed by atoms with Crippen LogP contribution in [0, 0.1) is 0 Å². The molecular weight excluding hydrogens is 420 g/mol. The van der Waals surface area contributed by atoms with Crippen LogP contribution in [0.3, 0.4) is 0 Å². The normalized spacial score (nSPS) is 10.7. The molecule has 1 aromatic heterocycles. The van der Waals surface area contributed by atoms with E-state index in [1.807, 2.05) is 60.7 Å². The van der Waals surface area contributed by atoms with E-state index in [0.29, 0.717) is 31.6 Å². The molecule has 0 saturated carbocycles. The van der Waals surface area contributed by atoms with Gasteiger partial charge in [0.15, 0.2) is 0 Å². The van der Waals surface area contributed by atoms with Crippen LogP contribution in [0.15, 0.2) is 89.9 Å². The maximum Gasteiger partial charge on any atom is 0.274 e. The molecule has 168 valence electrons. The van der Waals surface area contributed by atoms with Crippen molar-refractivity contribution in [3.8, 4) is 11.5 Å². The van der Waals surface area contributed by atoms with E-state index in [-0.39, 0.29) is 11.1 Å². The number of aromatic nitrogens is 1. The van der Waals surface area contributed by atoms with Gasteiger partial charge in [-0.1, -0.05) is 36.4 Å². The van der Waals surface area contributed by atoms with Crippen LogP contribution in [0.25, 0.3) is 10.8 Å². The Morgan fingerprint density at radius 1 is 0.909 bits per heavy atom. The van der Waals surface area contributed by atoms with E-state index < -0.39 is 5.91 Å². The summed E-state index contributed by atoms with van der Waals surface area (Å²) in [5.74, 6) is 0.840. The quantitative estimate of drug-likeness (QED) is 0.230. The number of hydrogen-bond donors (Lipinski definition) is 2. The van der Waals surface area contributed by atoms with Gasteiger partial charge in [0.25, 0.3) is 11.5 Å². The Morgan fingerprint density at radius 3 is 2.36 bits per heavy atom. The average Bonchev–Trinajstić information content (AvgIpc) is 2.87. The van der Waals surface area contributed by atoms with Gasteiger partial charge < -0.3 is 14.0 Å². The minimum Gasteiger partial charge on any atom is -0.494 e. The van der Waals surface area contributed by atoms with Crippen molar-refractivity contribution in [3.05, 3.63) is 107 Å². The highest BCUT2D eigenvalue weighted by Crippen LogP contribution is 2.19. The second-order valence-corrected chi connectivity index (χ2v) is 7.50. The number of carbonyl (C=O) groups excluding carboxylic acids is 1. The van der Waals surface area contributed by atoms with Crippen LogP contribution in [0.4, 0.5) is 0 Å². The maximum absolute atomic E-state index is 12.8. The highest BCUT2D eigenvalue weighted by Gasteiger charge is 2.08. The average molecular weight is 444 g/mol. The molecule has 0 aliphatic heterocycles. The first-order valence-electron chi connectivity index (χ1n) is 10.6. The number of nitrogens with zero attached hydrogens (tertiary/aromatic N) is 1. The molecule has 7 heteroatoms. The molecule has 4 aromatic rings. The lowest BCUT2D eigenvalue weighted by molar-refractivity contribution is 0.0706. The van der Waals surface area contributed by atoms with Gasteiger partial charge in [0, 0.05) is 23.7 Å². The van der Waals surface area contributed by atoms with E-state index in [1.54, 1.807) is 28.4 Å². The van der Waals surface area contributed by atoms with Crippen molar-refractivity contribution in [2.75, 3.05) is 6.61 Å². The lowest BCUT2D eigenvalue weighted by Crippen LogP contribution is -2.22. The molecule has 0 fully saturated rings. The van der Waals surface area contributed by atoms with Gasteiger partial charge in [0.1, 0.15) is 18.1 Å². The van der Waals surface area contributed by atoms with E-state index in [2.05, 4.69) is 0 Å². The van der Waals surface area contributed by atoms with E-state index >= 15 is 0 Å². The minimum atomic E-state index is -0.656. The van der Waals surface area contributed by atoms with Crippen LogP contribution >= 0.6 is 0 Å². The zero-order chi connectivity index (χ0) is 23.0. The van der Waals surface area contributed by atoms with Gasteiger partial charge in [-0.25, -0.2) is 5.48 Å². The fraction of sp³-hybridized carbons (Fsp3) is 0.154. The number of aryl methyl sites for hydroxylation is 1. The Balaban J connectivity index is 1.30. The first kappa shape index (κ1) is 22.1. The van der Waals surface area contributed by atoms with Crippen molar-refractivity contribution >= 4 is 16.7 Å². The Morgan fingerprint density at radius 2 is 1.64 bits per heavy atom. The molecule has 2 N–H and O–H groups in total. The first-order chi connectivity index (χ1) is 16.1. The van der Waals surface area contributed by atoms with Crippen molar-refractivity contribution in [3.63, 3.8) is 0 Å². The molecule has 0 saturated heterocycles. The van der Waals surface area contributed by atoms with Crippen LogP contribution in [0.2, 0.25) is 0 Å². The van der Waals surface area contributed by atoms with Crippen molar-refractivity contribution < 1.29 is 19.5 Å². The summed E-state index contributed by atoms with van der Waals surface area (Å²) >= 11 is 0. The molecule has 0 atom stereocenters. The SMILES string of the molecule is O=C(NO)c1ccc2ccn(CCCOc3ccc(OCc4ccccc4)cc3)c(=O)c2c1. The number of rotatable bonds is 9. The van der Waals surface area contributed by atoms with Gasteiger partial charge >= 0.3 is 0 Å². The molecule has 33 heavy (non-hydrogen) atoms. The van der Waals surface area contributed by atoms with Gasteiger partial charge in [-0.05, 0) is 59.8 Å². The van der Waals surface area contributed by atoms with E-state index in [1.165, 1.54) is 6.07 Å². The summed E-state index contributed by atoms with van der Waals surface area (Å²) in [7, 11) is 0. The third-order valence-corrected chi connectivity index (χ3v) is 5.23. The number of hydroxylamine groups is 1. The number of carbonyl (C=O) groups is 1. The molecular formula is C26H24N2O5. The zero-order valence-corrected chi connectivity index (χ0v) is 17.9. The van der Waals surface area contributed by atoms with E-state index in [0.717, 1.165) is 22.4 Å². The monoisotopic (exact) mass is 444 g/mol. The minimum absolute atomic E-state index is 0.194. The predicted molar refractivity (Wildman–Crippen MR) is 125 cm³/mol. The molecule has 1 heterocycles. The summed E-state index contributed by atoms with van der Waals surface area (Å²) in [6, 6.07) is 24.0. The molecule has 0 unspecified atom stereocenters. The molecule has 0 bridgehead atoms. The number of ether oxygens (including phenoxy) is 2. The molecule has 0 aliphatic carbocycles. The first-order valence-corrected chi connectivity index (χ1v) is 10.6. The number of pyridine rings is 1. The number of amides is 1. The molecule has 1 amide bonds. The maximum atomic E-state index is 12.8. The third kappa shape index (κ3) is 5.58. The Bertz CT molecular complexity index is 1280. The van der Waals surface area contributed by atoms with Gasteiger partial charge in [-0.15, -0.1) is 0 Å². The zero-order valence-electron chi connectivity index (χ0n) is 17.9. The van der Waals surface area contributed by atoms with Crippen LogP contribution in [0.5, 0.6) is 11.5 Å². The standard InChI is InChI=1S/C26H24N2O5/c29-25(27-31)21-8-7-20-13-15-28(26(30)24(20)17-21)14-4-16-32-22-9-11-23(12-10-22)33-18-19-5-2-1-3-6-19/h1-3,5-13,15,17,31H,4,14,16,18H2,(H,27,29). The van der Waals surface area contributed by atoms with Gasteiger partial charge in [0.05, 0.1) is 6.61 Å². The van der Waals surface area contributed by atoms with Crippen LogP contribution in [-0.2, 0) is 13.2 Å². The summed E-state index contributed by atoms with van der Waals surface area (Å²) in [5.41, 5.74) is 2.72. The van der Waals surface area contributed by atoms with Gasteiger partial charge in [0.2, 0.25) is 0 Å². The van der Waals surface area contributed by atoms with Crippen LogP contribution < -0.4 is 20.5 Å². The Kier molecular flexibility index (Phi) is 7.02. The van der Waals surface area contributed by atoms with Gasteiger partial charge in [-0.3, -0.25) is 14.8 Å². The molecule has 0 aliphatic rings. The van der Waals surface area contributed by atoms with Crippen molar-refractivity contribution in [1.82, 2.24) is 10.0 Å². The predicted octanol–water partition coefficient (Wildman–Crippen LogP) is 4.17. The second kappa shape index (κ2) is 10.5. The Hall–Kier alpha value is -4.10. The summed E-state index contributed by atoms with van der Waals surface area (Å²) < 4.78 is 13.2. The fourth-order valence-corrected chi connectivity index (χ4v) is 3.46. The van der Waals surface area contributed by atoms with Crippen molar-refractivity contribution in [1.29, 1.82) is 0 Å². The lowest BCUT2D eigenvalue weighted by Gasteiger charge is -2.10. The summed E-state index contributed by atoms with van der Waals surface area (Å²) in [6.45, 7) is 1.43. The number of nitrogens with one attached hydrogen (secondary N) is 1. The van der Waals surface area contributed by atoms with Crippen molar-refractivity contribution in [2.24, 2.45) is 0 Å². The highest BCUT2D eigenvalue weighted by atomic mass is 16.5. The van der Waals surface area contributed by atoms with Gasteiger partial charge in [-0.2, -0.15) is 0 Å². The van der Waals surface area contributed by atoms with Crippen LogP contribution in [-0.4, -0.2) is 22.3 Å². The summed E-state index contributed by atoms with van der Waals surface area (Å²) in [4.78, 5) is 24.4. The fourth-order valence-electron chi connectivity index (χ4n) is 3.46. The molecule has 7 nitrogen and oxygen atoms in total. The molecule has 3 aromatic carbocycles. The third-order valence-electron chi connectivity index (χ3n) is 5.23. The highest BCUT2D eigenvalue weighted by molar-refractivity contribution is 5.97. The topological polar surface area (TPSA) is 89.8 Å². The second-order valence-electron chi connectivity index (χ2n) is 7.50. The van der Waals surface area contributed by atoms with E-state index in [9.17, 15) is 9.59 Å². The number of benzene rings is 3. The molecule has 0 spiro atoms. The molecule has 0 radical (unpaired) electrons.